The van der Waals surface area contributed by atoms with Gasteiger partial charge in [-0.1, -0.05) is 71.2 Å². The van der Waals surface area contributed by atoms with Gasteiger partial charge in [-0.15, -0.1) is 0 Å². The molecule has 1 aliphatic rings. The number of benzene rings is 2. The summed E-state index contributed by atoms with van der Waals surface area (Å²) in [6.45, 7) is 4.68. The van der Waals surface area contributed by atoms with E-state index in [1.165, 1.54) is 11.1 Å². The maximum atomic E-state index is 6.24. The first-order valence-corrected chi connectivity index (χ1v) is 9.03. The normalized spacial score (nSPS) is 21.9. The van der Waals surface area contributed by atoms with Crippen molar-refractivity contribution >= 4 is 29.2 Å². The van der Waals surface area contributed by atoms with Crippen LogP contribution in [-0.2, 0) is 6.54 Å². The van der Waals surface area contributed by atoms with Crippen molar-refractivity contribution in [3.8, 4) is 0 Å². The molecule has 1 saturated heterocycles. The second-order valence-corrected chi connectivity index (χ2v) is 6.93. The molecule has 2 N–H and O–H groups in total. The molecule has 1 aliphatic heterocycles. The van der Waals surface area contributed by atoms with E-state index < -0.39 is 0 Å². The Morgan fingerprint density at radius 1 is 1.12 bits per heavy atom. The molecule has 2 atom stereocenters. The number of guanidine groups is 1. The van der Waals surface area contributed by atoms with Gasteiger partial charge in [0.05, 0.1) is 18.6 Å². The highest BCUT2D eigenvalue weighted by molar-refractivity contribution is 6.35. The fourth-order valence-electron chi connectivity index (χ4n) is 2.90. The van der Waals surface area contributed by atoms with Gasteiger partial charge < -0.3 is 10.6 Å². The Balaban J connectivity index is 1.81. The molecule has 25 heavy (non-hydrogen) atoms. The number of aliphatic imine (C=N–C) groups is 1. The summed E-state index contributed by atoms with van der Waals surface area (Å²) >= 11 is 12.2. The van der Waals surface area contributed by atoms with E-state index in [1.807, 2.05) is 18.2 Å². The lowest BCUT2D eigenvalue weighted by Gasteiger charge is -2.19. The summed E-state index contributed by atoms with van der Waals surface area (Å²) < 4.78 is 0. The van der Waals surface area contributed by atoms with Gasteiger partial charge in [0.25, 0.3) is 0 Å². The highest BCUT2D eigenvalue weighted by Crippen LogP contribution is 2.26. The Labute approximate surface area is 158 Å². The van der Waals surface area contributed by atoms with Crippen LogP contribution in [0.25, 0.3) is 0 Å². The van der Waals surface area contributed by atoms with Crippen LogP contribution in [0.2, 0.25) is 10.0 Å². The van der Waals surface area contributed by atoms with Gasteiger partial charge in [0, 0.05) is 10.0 Å². The number of halogens is 2. The molecule has 5 heteroatoms. The van der Waals surface area contributed by atoms with Gasteiger partial charge in [0.1, 0.15) is 0 Å². The molecule has 0 saturated carbocycles. The number of nitrogens with zero attached hydrogens (tertiary/aromatic N) is 1. The summed E-state index contributed by atoms with van der Waals surface area (Å²) in [6.07, 6.45) is 2.13. The maximum absolute atomic E-state index is 6.24. The molecule has 3 nitrogen and oxygen atoms in total. The van der Waals surface area contributed by atoms with Crippen LogP contribution in [0.1, 0.15) is 31.0 Å². The Bertz CT molecular complexity index is 800. The second kappa shape index (κ2) is 7.94. The predicted molar refractivity (Wildman–Crippen MR) is 106 cm³/mol. The van der Waals surface area contributed by atoms with Crippen LogP contribution in [0, 0.1) is 0 Å². The molecule has 2 aromatic carbocycles. The summed E-state index contributed by atoms with van der Waals surface area (Å²) in [4.78, 5) is 4.67. The predicted octanol–water partition coefficient (Wildman–Crippen LogP) is 5.12. The van der Waals surface area contributed by atoms with E-state index in [4.69, 9.17) is 23.2 Å². The maximum Gasteiger partial charge on any atom is 0.192 e. The van der Waals surface area contributed by atoms with E-state index in [0.717, 1.165) is 11.5 Å². The first-order chi connectivity index (χ1) is 12.1. The zero-order chi connectivity index (χ0) is 17.8. The van der Waals surface area contributed by atoms with Gasteiger partial charge in [0.2, 0.25) is 0 Å². The van der Waals surface area contributed by atoms with Crippen molar-refractivity contribution in [2.75, 3.05) is 0 Å². The van der Waals surface area contributed by atoms with Gasteiger partial charge in [-0.25, -0.2) is 4.99 Å². The fraction of sp³-hybridized carbons (Fsp3) is 0.250. The third-order valence-electron chi connectivity index (χ3n) is 4.44. The molecule has 0 amide bonds. The third kappa shape index (κ3) is 4.17. The van der Waals surface area contributed by atoms with Crippen LogP contribution < -0.4 is 10.6 Å². The van der Waals surface area contributed by atoms with Crippen molar-refractivity contribution in [1.29, 1.82) is 0 Å². The highest BCUT2D eigenvalue weighted by atomic mass is 35.5. The van der Waals surface area contributed by atoms with E-state index in [-0.39, 0.29) is 12.1 Å². The van der Waals surface area contributed by atoms with Crippen molar-refractivity contribution < 1.29 is 0 Å². The first kappa shape index (κ1) is 17.8. The van der Waals surface area contributed by atoms with Gasteiger partial charge in [0.15, 0.2) is 5.96 Å². The minimum absolute atomic E-state index is 0.150. The zero-order valence-electron chi connectivity index (χ0n) is 14.3. The van der Waals surface area contributed by atoms with Crippen molar-refractivity contribution in [3.05, 3.63) is 81.4 Å². The lowest BCUT2D eigenvalue weighted by molar-refractivity contribution is 0.588. The van der Waals surface area contributed by atoms with Crippen LogP contribution in [0.5, 0.6) is 0 Å². The Hall–Kier alpha value is -1.97. The average Bonchev–Trinajstić information content (AvgIpc) is 3.05. The fourth-order valence-corrected chi connectivity index (χ4v) is 3.37. The summed E-state index contributed by atoms with van der Waals surface area (Å²) in [5, 5.41) is 8.26. The molecule has 0 radical (unpaired) electrons. The molecule has 1 heterocycles. The minimum Gasteiger partial charge on any atom is -0.347 e. The molecule has 1 fully saturated rings. The van der Waals surface area contributed by atoms with E-state index in [0.29, 0.717) is 16.6 Å². The lowest BCUT2D eigenvalue weighted by atomic mass is 9.96. The van der Waals surface area contributed by atoms with Gasteiger partial charge in [-0.3, -0.25) is 0 Å². The van der Waals surface area contributed by atoms with Crippen molar-refractivity contribution in [3.63, 3.8) is 0 Å². The molecule has 3 rings (SSSR count). The summed E-state index contributed by atoms with van der Waals surface area (Å²) in [5.41, 5.74) is 3.46. The van der Waals surface area contributed by atoms with Gasteiger partial charge in [-0.2, -0.15) is 0 Å². The second-order valence-electron chi connectivity index (χ2n) is 6.09. The van der Waals surface area contributed by atoms with Crippen molar-refractivity contribution in [2.24, 2.45) is 4.99 Å². The van der Waals surface area contributed by atoms with Gasteiger partial charge >= 0.3 is 0 Å². The molecule has 1 unspecified atom stereocenters. The molecule has 0 spiro atoms. The molecule has 0 aliphatic carbocycles. The van der Waals surface area contributed by atoms with E-state index in [1.54, 1.807) is 6.07 Å². The zero-order valence-corrected chi connectivity index (χ0v) is 15.8. The summed E-state index contributed by atoms with van der Waals surface area (Å²) in [7, 11) is 0. The van der Waals surface area contributed by atoms with Crippen molar-refractivity contribution in [1.82, 2.24) is 10.6 Å². The molecule has 0 aromatic heterocycles. The van der Waals surface area contributed by atoms with E-state index in [9.17, 15) is 0 Å². The third-order valence-corrected chi connectivity index (χ3v) is 5.03. The number of rotatable bonds is 4. The van der Waals surface area contributed by atoms with Crippen LogP contribution in [-0.4, -0.2) is 12.0 Å². The molecular weight excluding hydrogens is 353 g/mol. The van der Waals surface area contributed by atoms with Crippen molar-refractivity contribution in [2.45, 2.75) is 32.5 Å². The minimum atomic E-state index is 0.150. The monoisotopic (exact) mass is 373 g/mol. The quantitative estimate of drug-likeness (QED) is 0.729. The van der Waals surface area contributed by atoms with Crippen LogP contribution in [0.3, 0.4) is 0 Å². The SMILES string of the molecule is C/C=C(\C)[C@H]1NC(=NCc2ccc(Cl)cc2Cl)NC1c1ccccc1. The number of nitrogens with one attached hydrogen (secondary N) is 2. The number of hydrogen-bond donors (Lipinski definition) is 2. The first-order valence-electron chi connectivity index (χ1n) is 8.27. The van der Waals surface area contributed by atoms with Crippen LogP contribution in [0.15, 0.2) is 65.2 Å². The Kier molecular flexibility index (Phi) is 5.67. The van der Waals surface area contributed by atoms with E-state index in [2.05, 4.69) is 59.8 Å². The van der Waals surface area contributed by atoms with Gasteiger partial charge in [-0.05, 0) is 37.1 Å². The van der Waals surface area contributed by atoms with Crippen LogP contribution >= 0.6 is 23.2 Å². The Morgan fingerprint density at radius 2 is 1.88 bits per heavy atom. The summed E-state index contributed by atoms with van der Waals surface area (Å²) in [5.74, 6) is 0.783. The van der Waals surface area contributed by atoms with Crippen LogP contribution in [0.4, 0.5) is 0 Å². The number of allylic oxidation sites excluding steroid dienone is 1. The smallest absolute Gasteiger partial charge is 0.192 e. The molecule has 0 bridgehead atoms. The Morgan fingerprint density at radius 3 is 2.56 bits per heavy atom. The molecule has 130 valence electrons. The topological polar surface area (TPSA) is 36.4 Å². The number of hydrogen-bond acceptors (Lipinski definition) is 1. The lowest BCUT2D eigenvalue weighted by Crippen LogP contribution is -2.29. The molecular formula is C20H21Cl2N3. The summed E-state index contributed by atoms with van der Waals surface area (Å²) in [6, 6.07) is 16.2. The van der Waals surface area contributed by atoms with E-state index >= 15 is 0 Å². The largest absolute Gasteiger partial charge is 0.347 e. The average molecular weight is 374 g/mol. The highest BCUT2D eigenvalue weighted by Gasteiger charge is 2.32. The standard InChI is InChI=1S/C20H21Cl2N3/c1-3-13(2)18-19(14-7-5-4-6-8-14)25-20(24-18)23-12-15-9-10-16(21)11-17(15)22/h3-11,18-19H,12H2,1-2H3,(H2,23,24,25)/b13-3+/t18-,19?/m1/s1. The molecule has 2 aromatic rings.